The molecule has 3 heterocycles. The second kappa shape index (κ2) is 4.06. The van der Waals surface area contributed by atoms with Gasteiger partial charge in [0, 0.05) is 23.2 Å². The molecule has 0 radical (unpaired) electrons. The summed E-state index contributed by atoms with van der Waals surface area (Å²) in [6, 6.07) is 15.0. The highest BCUT2D eigenvalue weighted by atomic mass is 16.4. The van der Waals surface area contributed by atoms with Crippen LogP contribution in [-0.4, -0.2) is 9.55 Å². The molecule has 0 N–H and O–H groups in total. The summed E-state index contributed by atoms with van der Waals surface area (Å²) in [5.41, 5.74) is 1.44. The summed E-state index contributed by atoms with van der Waals surface area (Å²) in [5.74, 6) is 0. The summed E-state index contributed by atoms with van der Waals surface area (Å²) in [7, 11) is 0. The number of fused-ring (bicyclic) bond motifs is 2. The summed E-state index contributed by atoms with van der Waals surface area (Å²) < 4.78 is 7.12. The van der Waals surface area contributed by atoms with Gasteiger partial charge in [-0.3, -0.25) is 4.57 Å². The maximum absolute atomic E-state index is 12.2. The van der Waals surface area contributed by atoms with Gasteiger partial charge in [-0.05, 0) is 30.3 Å². The van der Waals surface area contributed by atoms with Gasteiger partial charge in [0.05, 0.1) is 0 Å². The van der Waals surface area contributed by atoms with E-state index in [1.807, 2.05) is 48.7 Å². The Morgan fingerprint density at radius 1 is 1.00 bits per heavy atom. The number of hydrogen-bond acceptors (Lipinski definition) is 3. The Morgan fingerprint density at radius 3 is 2.80 bits per heavy atom. The molecule has 0 aliphatic rings. The Morgan fingerprint density at radius 2 is 1.85 bits per heavy atom. The van der Waals surface area contributed by atoms with Gasteiger partial charge in [-0.15, -0.1) is 0 Å². The van der Waals surface area contributed by atoms with E-state index in [1.165, 1.54) is 0 Å². The van der Waals surface area contributed by atoms with Gasteiger partial charge in [-0.1, -0.05) is 18.2 Å². The molecule has 0 saturated heterocycles. The molecule has 20 heavy (non-hydrogen) atoms. The van der Waals surface area contributed by atoms with E-state index in [0.717, 1.165) is 16.4 Å². The summed E-state index contributed by atoms with van der Waals surface area (Å²) >= 11 is 0. The molecule has 4 rings (SSSR count). The van der Waals surface area contributed by atoms with Crippen molar-refractivity contribution in [2.24, 2.45) is 0 Å². The van der Waals surface area contributed by atoms with Crippen LogP contribution in [0.15, 0.2) is 70.1 Å². The van der Waals surface area contributed by atoms with Crippen molar-refractivity contribution in [1.29, 1.82) is 0 Å². The molecule has 4 aromatic rings. The van der Waals surface area contributed by atoms with Crippen LogP contribution >= 0.6 is 0 Å². The van der Waals surface area contributed by atoms with Gasteiger partial charge < -0.3 is 4.42 Å². The second-order valence-corrected chi connectivity index (χ2v) is 4.56. The van der Waals surface area contributed by atoms with E-state index in [9.17, 15) is 4.79 Å². The maximum Gasteiger partial charge on any atom is 0.360 e. The van der Waals surface area contributed by atoms with Crippen LogP contribution in [0.25, 0.3) is 27.7 Å². The Bertz CT molecular complexity index is 982. The van der Waals surface area contributed by atoms with Crippen molar-refractivity contribution >= 4 is 22.0 Å². The third kappa shape index (κ3) is 1.55. The Hall–Kier alpha value is -2.88. The van der Waals surface area contributed by atoms with Crippen molar-refractivity contribution in [3.8, 4) is 5.69 Å². The fourth-order valence-corrected chi connectivity index (χ4v) is 2.38. The third-order valence-corrected chi connectivity index (χ3v) is 3.33. The number of benzene rings is 1. The van der Waals surface area contributed by atoms with Crippen LogP contribution in [0.4, 0.5) is 0 Å². The standard InChI is InChI=1S/C16H10N2O2/c19-16-13(10-12-4-1-2-6-14(12)20-16)18-9-7-11-5-3-8-17-15(11)18/h1-10H. The summed E-state index contributed by atoms with van der Waals surface area (Å²) in [6.07, 6.45) is 3.54. The van der Waals surface area contributed by atoms with E-state index in [1.54, 1.807) is 16.8 Å². The molecule has 0 saturated carbocycles. The van der Waals surface area contributed by atoms with Gasteiger partial charge in [0.1, 0.15) is 16.9 Å². The first-order chi connectivity index (χ1) is 9.83. The second-order valence-electron chi connectivity index (χ2n) is 4.56. The first-order valence-electron chi connectivity index (χ1n) is 6.28. The molecule has 3 aromatic heterocycles. The molecule has 1 aromatic carbocycles. The predicted molar refractivity (Wildman–Crippen MR) is 77.1 cm³/mol. The molecular weight excluding hydrogens is 252 g/mol. The highest BCUT2D eigenvalue weighted by Gasteiger charge is 2.10. The molecule has 0 spiro atoms. The lowest BCUT2D eigenvalue weighted by Gasteiger charge is -2.04. The Labute approximate surface area is 113 Å². The van der Waals surface area contributed by atoms with Gasteiger partial charge in [0.15, 0.2) is 0 Å². The van der Waals surface area contributed by atoms with Crippen molar-refractivity contribution in [2.75, 3.05) is 0 Å². The average molecular weight is 262 g/mol. The van der Waals surface area contributed by atoms with Crippen LogP contribution in [0.3, 0.4) is 0 Å². The number of pyridine rings is 1. The van der Waals surface area contributed by atoms with Crippen LogP contribution < -0.4 is 5.63 Å². The molecule has 4 nitrogen and oxygen atoms in total. The first-order valence-corrected chi connectivity index (χ1v) is 6.28. The fraction of sp³-hybridized carbons (Fsp3) is 0. The van der Waals surface area contributed by atoms with Crippen LogP contribution in [0.1, 0.15) is 0 Å². The smallest absolute Gasteiger partial charge is 0.360 e. The number of aromatic nitrogens is 2. The van der Waals surface area contributed by atoms with Crippen molar-refractivity contribution < 1.29 is 4.42 Å². The Kier molecular flexibility index (Phi) is 2.23. The first kappa shape index (κ1) is 11.0. The summed E-state index contributed by atoms with van der Waals surface area (Å²) in [5, 5.41) is 1.87. The van der Waals surface area contributed by atoms with Crippen molar-refractivity contribution in [3.63, 3.8) is 0 Å². The van der Waals surface area contributed by atoms with E-state index < -0.39 is 0 Å². The SMILES string of the molecule is O=c1oc2ccccc2cc1-n1ccc2cccnc21. The zero-order chi connectivity index (χ0) is 13.5. The maximum atomic E-state index is 12.2. The van der Waals surface area contributed by atoms with Crippen LogP contribution in [0.2, 0.25) is 0 Å². The molecule has 0 amide bonds. The zero-order valence-electron chi connectivity index (χ0n) is 10.5. The molecular formula is C16H10N2O2. The van der Waals surface area contributed by atoms with Crippen molar-refractivity contribution in [1.82, 2.24) is 9.55 Å². The van der Waals surface area contributed by atoms with Crippen molar-refractivity contribution in [2.45, 2.75) is 0 Å². The normalized spacial score (nSPS) is 11.2. The molecule has 0 atom stereocenters. The minimum absolute atomic E-state index is 0.369. The molecule has 0 unspecified atom stereocenters. The number of hydrogen-bond donors (Lipinski definition) is 0. The zero-order valence-corrected chi connectivity index (χ0v) is 10.5. The van der Waals surface area contributed by atoms with Gasteiger partial charge >= 0.3 is 5.63 Å². The van der Waals surface area contributed by atoms with E-state index >= 15 is 0 Å². The van der Waals surface area contributed by atoms with E-state index in [0.29, 0.717) is 11.3 Å². The quantitative estimate of drug-likeness (QED) is 0.495. The van der Waals surface area contributed by atoms with Gasteiger partial charge in [-0.2, -0.15) is 0 Å². The van der Waals surface area contributed by atoms with E-state index in [4.69, 9.17) is 4.42 Å². The number of rotatable bonds is 1. The largest absolute Gasteiger partial charge is 0.421 e. The number of nitrogens with zero attached hydrogens (tertiary/aromatic N) is 2. The van der Waals surface area contributed by atoms with Crippen molar-refractivity contribution in [3.05, 3.63) is 71.3 Å². The van der Waals surface area contributed by atoms with Gasteiger partial charge in [0.25, 0.3) is 0 Å². The highest BCUT2D eigenvalue weighted by molar-refractivity contribution is 5.81. The average Bonchev–Trinajstić information content (AvgIpc) is 2.90. The van der Waals surface area contributed by atoms with Gasteiger partial charge in [-0.25, -0.2) is 9.78 Å². The lowest BCUT2D eigenvalue weighted by atomic mass is 10.2. The lowest BCUT2D eigenvalue weighted by Crippen LogP contribution is -2.09. The molecule has 0 aliphatic carbocycles. The van der Waals surface area contributed by atoms with Crippen LogP contribution in [0.5, 0.6) is 0 Å². The molecule has 4 heteroatoms. The fourth-order valence-electron chi connectivity index (χ4n) is 2.38. The third-order valence-electron chi connectivity index (χ3n) is 3.33. The van der Waals surface area contributed by atoms with E-state index in [-0.39, 0.29) is 5.63 Å². The van der Waals surface area contributed by atoms with E-state index in [2.05, 4.69) is 4.98 Å². The Balaban J connectivity index is 2.07. The summed E-state index contributed by atoms with van der Waals surface area (Å²) in [6.45, 7) is 0. The molecule has 96 valence electrons. The topological polar surface area (TPSA) is 48.0 Å². The predicted octanol–water partition coefficient (Wildman–Crippen LogP) is 3.13. The van der Waals surface area contributed by atoms with Crippen LogP contribution in [-0.2, 0) is 0 Å². The highest BCUT2D eigenvalue weighted by Crippen LogP contribution is 2.19. The molecule has 0 bridgehead atoms. The minimum atomic E-state index is -0.369. The molecule has 0 aliphatic heterocycles. The van der Waals surface area contributed by atoms with Gasteiger partial charge in [0.2, 0.25) is 0 Å². The lowest BCUT2D eigenvalue weighted by molar-refractivity contribution is 0.556. The minimum Gasteiger partial charge on any atom is -0.421 e. The monoisotopic (exact) mass is 262 g/mol. The summed E-state index contributed by atoms with van der Waals surface area (Å²) in [4.78, 5) is 16.5. The number of para-hydroxylation sites is 1. The van der Waals surface area contributed by atoms with Crippen LogP contribution in [0, 0.1) is 0 Å². The molecule has 0 fully saturated rings.